The summed E-state index contributed by atoms with van der Waals surface area (Å²) < 4.78 is 5.80. The summed E-state index contributed by atoms with van der Waals surface area (Å²) in [5.74, 6) is 2.42. The van der Waals surface area contributed by atoms with Crippen LogP contribution in [0.15, 0.2) is 0 Å². The fraction of sp³-hybridized carbons (Fsp3) is 1.00. The van der Waals surface area contributed by atoms with E-state index < -0.39 is 0 Å². The van der Waals surface area contributed by atoms with Gasteiger partial charge in [0.25, 0.3) is 0 Å². The fourth-order valence-corrected chi connectivity index (χ4v) is 3.31. The second kappa shape index (κ2) is 2.96. The van der Waals surface area contributed by atoms with Crippen LogP contribution in [0.4, 0.5) is 0 Å². The monoisotopic (exact) mass is 173 g/mol. The van der Waals surface area contributed by atoms with Crippen molar-refractivity contribution in [3.8, 4) is 0 Å². The maximum Gasteiger partial charge on any atom is 0.0795 e. The Morgan fingerprint density at radius 3 is 3.09 bits per heavy atom. The van der Waals surface area contributed by atoms with E-state index in [-0.39, 0.29) is 5.60 Å². The molecule has 3 heteroatoms. The topological polar surface area (TPSA) is 35.2 Å². The highest BCUT2D eigenvalue weighted by Crippen LogP contribution is 2.37. The molecule has 2 N–H and O–H groups in total. The van der Waals surface area contributed by atoms with Crippen LogP contribution in [-0.4, -0.2) is 29.8 Å². The van der Waals surface area contributed by atoms with Gasteiger partial charge < -0.3 is 10.5 Å². The van der Waals surface area contributed by atoms with Crippen molar-refractivity contribution in [1.29, 1.82) is 0 Å². The van der Waals surface area contributed by atoms with Gasteiger partial charge >= 0.3 is 0 Å². The molecule has 1 spiro atoms. The Balaban J connectivity index is 2.00. The molecule has 64 valence electrons. The van der Waals surface area contributed by atoms with Crippen molar-refractivity contribution in [1.82, 2.24) is 0 Å². The third kappa shape index (κ3) is 1.55. The van der Waals surface area contributed by atoms with Crippen molar-refractivity contribution in [2.75, 3.05) is 18.1 Å². The molecule has 2 aliphatic heterocycles. The van der Waals surface area contributed by atoms with E-state index in [0.717, 1.165) is 19.4 Å². The molecule has 2 atom stereocenters. The summed E-state index contributed by atoms with van der Waals surface area (Å²) >= 11 is 2.00. The summed E-state index contributed by atoms with van der Waals surface area (Å²) in [6, 6.07) is 0.391. The van der Waals surface area contributed by atoms with E-state index >= 15 is 0 Å². The van der Waals surface area contributed by atoms with E-state index in [2.05, 4.69) is 0 Å². The Morgan fingerprint density at radius 2 is 2.45 bits per heavy atom. The van der Waals surface area contributed by atoms with Gasteiger partial charge in [0.2, 0.25) is 0 Å². The van der Waals surface area contributed by atoms with Crippen LogP contribution >= 0.6 is 11.8 Å². The lowest BCUT2D eigenvalue weighted by Gasteiger charge is -2.36. The number of rotatable bonds is 0. The second-order valence-electron chi connectivity index (χ2n) is 3.59. The Hall–Kier alpha value is 0.270. The molecule has 0 aromatic heterocycles. The SMILES string of the molecule is N[C@H]1CCO[C@]2(CCSC2)C1. The molecule has 0 unspecified atom stereocenters. The highest BCUT2D eigenvalue weighted by molar-refractivity contribution is 7.99. The van der Waals surface area contributed by atoms with Gasteiger partial charge in [-0.25, -0.2) is 0 Å². The summed E-state index contributed by atoms with van der Waals surface area (Å²) in [4.78, 5) is 0. The molecule has 0 aliphatic carbocycles. The maximum atomic E-state index is 5.90. The molecule has 0 saturated carbocycles. The third-order valence-corrected chi connectivity index (χ3v) is 3.82. The third-order valence-electron chi connectivity index (χ3n) is 2.60. The normalized spacial score (nSPS) is 45.0. The molecule has 2 saturated heterocycles. The van der Waals surface area contributed by atoms with Gasteiger partial charge in [-0.1, -0.05) is 0 Å². The van der Waals surface area contributed by atoms with E-state index in [1.807, 2.05) is 11.8 Å². The molecule has 0 aromatic carbocycles. The number of hydrogen-bond donors (Lipinski definition) is 1. The lowest BCUT2D eigenvalue weighted by Crippen LogP contribution is -2.45. The van der Waals surface area contributed by atoms with E-state index in [0.29, 0.717) is 6.04 Å². The maximum absolute atomic E-state index is 5.90. The van der Waals surface area contributed by atoms with Gasteiger partial charge in [0, 0.05) is 18.4 Å². The quantitative estimate of drug-likeness (QED) is 0.593. The van der Waals surface area contributed by atoms with Gasteiger partial charge in [-0.05, 0) is 25.0 Å². The highest BCUT2D eigenvalue weighted by atomic mass is 32.2. The standard InChI is InChI=1S/C8H15NOS/c9-7-1-3-10-8(5-7)2-4-11-6-8/h7H,1-6,9H2/t7-,8+/m0/s1. The second-order valence-corrected chi connectivity index (χ2v) is 4.69. The molecule has 0 bridgehead atoms. The molecule has 2 heterocycles. The van der Waals surface area contributed by atoms with Crippen molar-refractivity contribution >= 4 is 11.8 Å². The average molecular weight is 173 g/mol. The zero-order valence-corrected chi connectivity index (χ0v) is 7.53. The Labute approximate surface area is 71.9 Å². The van der Waals surface area contributed by atoms with Crippen LogP contribution in [0.3, 0.4) is 0 Å². The van der Waals surface area contributed by atoms with Crippen LogP contribution in [0.2, 0.25) is 0 Å². The number of nitrogens with two attached hydrogens (primary N) is 1. The van der Waals surface area contributed by atoms with Gasteiger partial charge in [0.05, 0.1) is 5.60 Å². The fourth-order valence-electron chi connectivity index (χ4n) is 1.93. The first kappa shape index (κ1) is 7.90. The first-order valence-electron chi connectivity index (χ1n) is 4.28. The number of thioether (sulfide) groups is 1. The van der Waals surface area contributed by atoms with Crippen LogP contribution < -0.4 is 5.73 Å². The first-order valence-corrected chi connectivity index (χ1v) is 5.44. The zero-order chi connectivity index (χ0) is 7.73. The van der Waals surface area contributed by atoms with Crippen LogP contribution in [-0.2, 0) is 4.74 Å². The van der Waals surface area contributed by atoms with E-state index in [1.54, 1.807) is 0 Å². The summed E-state index contributed by atoms with van der Waals surface area (Å²) in [5, 5.41) is 0. The molecule has 0 amide bonds. The van der Waals surface area contributed by atoms with Crippen molar-refractivity contribution < 1.29 is 4.74 Å². The highest BCUT2D eigenvalue weighted by Gasteiger charge is 2.39. The first-order chi connectivity index (χ1) is 5.31. The van der Waals surface area contributed by atoms with Gasteiger partial charge in [-0.2, -0.15) is 11.8 Å². The summed E-state index contributed by atoms with van der Waals surface area (Å²) in [6.45, 7) is 0.877. The predicted molar refractivity (Wildman–Crippen MR) is 47.8 cm³/mol. The van der Waals surface area contributed by atoms with Crippen LogP contribution in [0, 0.1) is 0 Å². The minimum Gasteiger partial charge on any atom is -0.374 e. The molecule has 2 fully saturated rings. The number of hydrogen-bond acceptors (Lipinski definition) is 3. The van der Waals surface area contributed by atoms with Gasteiger partial charge in [-0.3, -0.25) is 0 Å². The van der Waals surface area contributed by atoms with Crippen molar-refractivity contribution in [3.05, 3.63) is 0 Å². The molecule has 2 rings (SSSR count). The Morgan fingerprint density at radius 1 is 1.55 bits per heavy atom. The molecule has 0 aromatic rings. The summed E-state index contributed by atoms with van der Waals surface area (Å²) in [7, 11) is 0. The molecule has 2 aliphatic rings. The zero-order valence-electron chi connectivity index (χ0n) is 6.71. The summed E-state index contributed by atoms with van der Waals surface area (Å²) in [5.41, 5.74) is 6.08. The molecule has 0 radical (unpaired) electrons. The molecule has 11 heavy (non-hydrogen) atoms. The minimum absolute atomic E-state index is 0.183. The lowest BCUT2D eigenvalue weighted by atomic mass is 9.90. The van der Waals surface area contributed by atoms with Gasteiger partial charge in [-0.15, -0.1) is 0 Å². The predicted octanol–water partition coefficient (Wildman–Crippen LogP) is 1.000. The van der Waals surface area contributed by atoms with Crippen LogP contribution in [0.25, 0.3) is 0 Å². The largest absolute Gasteiger partial charge is 0.374 e. The van der Waals surface area contributed by atoms with E-state index in [9.17, 15) is 0 Å². The van der Waals surface area contributed by atoms with Crippen LogP contribution in [0.5, 0.6) is 0 Å². The lowest BCUT2D eigenvalue weighted by molar-refractivity contribution is -0.0653. The van der Waals surface area contributed by atoms with Gasteiger partial charge in [0.1, 0.15) is 0 Å². The molecular weight excluding hydrogens is 158 g/mol. The van der Waals surface area contributed by atoms with Crippen LogP contribution in [0.1, 0.15) is 19.3 Å². The van der Waals surface area contributed by atoms with Crippen molar-refractivity contribution in [3.63, 3.8) is 0 Å². The van der Waals surface area contributed by atoms with Crippen molar-refractivity contribution in [2.45, 2.75) is 30.9 Å². The number of ether oxygens (including phenoxy) is 1. The smallest absolute Gasteiger partial charge is 0.0795 e. The Kier molecular flexibility index (Phi) is 2.12. The average Bonchev–Trinajstić information content (AvgIpc) is 2.37. The van der Waals surface area contributed by atoms with E-state index in [4.69, 9.17) is 10.5 Å². The Bertz CT molecular complexity index is 145. The van der Waals surface area contributed by atoms with Crippen molar-refractivity contribution in [2.24, 2.45) is 5.73 Å². The molecule has 2 nitrogen and oxygen atoms in total. The summed E-state index contributed by atoms with van der Waals surface area (Å²) in [6.07, 6.45) is 3.35. The molecular formula is C8H15NOS. The van der Waals surface area contributed by atoms with E-state index in [1.165, 1.54) is 17.9 Å². The minimum atomic E-state index is 0.183. The van der Waals surface area contributed by atoms with Gasteiger partial charge in [0.15, 0.2) is 0 Å².